The summed E-state index contributed by atoms with van der Waals surface area (Å²) in [5.74, 6) is -2.45. The number of aliphatic hydroxyl groups excluding tert-OH is 3. The van der Waals surface area contributed by atoms with Gasteiger partial charge in [-0.1, -0.05) is 154 Å². The Morgan fingerprint density at radius 3 is 1.53 bits per heavy atom. The van der Waals surface area contributed by atoms with Crippen LogP contribution in [0.25, 0.3) is 0 Å². The van der Waals surface area contributed by atoms with Gasteiger partial charge in [-0.2, -0.15) is 0 Å². The fraction of sp³-hybridized carbons (Fsp3) is 0.841. The molecule has 6 atom stereocenters. The molecule has 1 rings (SSSR count). The molecule has 0 aromatic carbocycles. The number of rotatable bonds is 36. The third-order valence-corrected chi connectivity index (χ3v) is 10.1. The Kier molecular flexibility index (Phi) is 32.2. The smallest absolute Gasteiger partial charge is 0.335 e. The van der Waals surface area contributed by atoms with E-state index in [1.54, 1.807) is 0 Å². The lowest BCUT2D eigenvalue weighted by Crippen LogP contribution is -2.60. The van der Waals surface area contributed by atoms with Crippen LogP contribution in [0.1, 0.15) is 187 Å². The second kappa shape index (κ2) is 34.9. The summed E-state index contributed by atoms with van der Waals surface area (Å²) in [6, 6.07) is 0. The largest absolute Gasteiger partial charge is 0.479 e. The Bertz CT molecular complexity index is 1020. The first-order valence-corrected chi connectivity index (χ1v) is 21.9. The predicted octanol–water partition coefficient (Wildman–Crippen LogP) is 9.04. The summed E-state index contributed by atoms with van der Waals surface area (Å²) >= 11 is 0. The van der Waals surface area contributed by atoms with Crippen LogP contribution in [0, 0.1) is 0 Å². The van der Waals surface area contributed by atoms with Crippen LogP contribution in [0.15, 0.2) is 24.3 Å². The Morgan fingerprint density at radius 1 is 0.564 bits per heavy atom. The Labute approximate surface area is 332 Å². The molecule has 1 aliphatic heterocycles. The number of carboxylic acids is 1. The molecule has 0 saturated carbocycles. The third-order valence-electron chi connectivity index (χ3n) is 10.1. The highest BCUT2D eigenvalue weighted by Crippen LogP contribution is 2.23. The first kappa shape index (κ1) is 50.7. The van der Waals surface area contributed by atoms with Crippen molar-refractivity contribution in [2.75, 3.05) is 13.2 Å². The van der Waals surface area contributed by atoms with E-state index in [1.807, 2.05) is 0 Å². The normalized spacial score (nSPS) is 20.6. The van der Waals surface area contributed by atoms with Crippen LogP contribution in [0.5, 0.6) is 0 Å². The minimum Gasteiger partial charge on any atom is -0.479 e. The maximum Gasteiger partial charge on any atom is 0.335 e. The molecular weight excluding hydrogens is 704 g/mol. The molecule has 0 spiro atoms. The lowest BCUT2D eigenvalue weighted by Gasteiger charge is -2.38. The summed E-state index contributed by atoms with van der Waals surface area (Å²) in [6.07, 6.45) is 28.0. The van der Waals surface area contributed by atoms with E-state index < -0.39 is 54.7 Å². The molecule has 0 radical (unpaired) electrons. The van der Waals surface area contributed by atoms with Crippen molar-refractivity contribution in [2.45, 2.75) is 224 Å². The maximum absolute atomic E-state index is 12.7. The van der Waals surface area contributed by atoms with Crippen LogP contribution in [-0.4, -0.2) is 88.4 Å². The van der Waals surface area contributed by atoms with Crippen LogP contribution in [0.3, 0.4) is 0 Å². The second-order valence-electron chi connectivity index (χ2n) is 15.2. The molecule has 0 amide bonds. The van der Waals surface area contributed by atoms with Crippen LogP contribution >= 0.6 is 0 Å². The monoisotopic (exact) mass is 783 g/mol. The average molecular weight is 783 g/mol. The van der Waals surface area contributed by atoms with Crippen molar-refractivity contribution in [3.63, 3.8) is 0 Å². The molecule has 55 heavy (non-hydrogen) atoms. The molecule has 6 unspecified atom stereocenters. The summed E-state index contributed by atoms with van der Waals surface area (Å²) in [4.78, 5) is 36.7. The van der Waals surface area contributed by atoms with E-state index in [4.69, 9.17) is 18.9 Å². The molecule has 0 bridgehead atoms. The molecule has 0 aromatic heterocycles. The number of carbonyl (C=O) groups is 3. The molecule has 0 aromatic rings. The zero-order valence-electron chi connectivity index (χ0n) is 34.4. The number of hydrogen-bond donors (Lipinski definition) is 4. The van der Waals surface area contributed by atoms with Crippen molar-refractivity contribution in [3.05, 3.63) is 24.3 Å². The number of carboxylic acid groups (broad SMARTS) is 1. The Balaban J connectivity index is 2.36. The van der Waals surface area contributed by atoms with Gasteiger partial charge in [-0.05, 0) is 44.9 Å². The maximum atomic E-state index is 12.7. The van der Waals surface area contributed by atoms with Gasteiger partial charge in [0.2, 0.25) is 0 Å². The highest BCUT2D eigenvalue weighted by Gasteiger charge is 2.47. The van der Waals surface area contributed by atoms with Gasteiger partial charge in [0.1, 0.15) is 24.9 Å². The number of hydrogen-bond acceptors (Lipinski definition) is 10. The van der Waals surface area contributed by atoms with Gasteiger partial charge in [0, 0.05) is 12.8 Å². The standard InChI is InChI=1S/C44H78O11/c1-3-5-7-9-11-13-15-16-17-18-19-20-21-23-24-26-28-30-32-37(45)52-34-36(35-53-44-41(49)39(47)40(48)42(55-44)43(50)51)54-38(46)33-31-29-27-25-22-14-12-10-8-6-4-2/h13,15,17-18,36,39-42,44,47-49H,3-12,14,16,19-35H2,1-2H3,(H,50,51)/b15-13-,18-17-. The van der Waals surface area contributed by atoms with Crippen molar-refractivity contribution >= 4 is 17.9 Å². The van der Waals surface area contributed by atoms with E-state index in [2.05, 4.69) is 38.2 Å². The molecule has 1 fully saturated rings. The summed E-state index contributed by atoms with van der Waals surface area (Å²) in [7, 11) is 0. The summed E-state index contributed by atoms with van der Waals surface area (Å²) in [5.41, 5.74) is 0. The van der Waals surface area contributed by atoms with Crippen molar-refractivity contribution in [2.24, 2.45) is 0 Å². The lowest BCUT2D eigenvalue weighted by atomic mass is 9.99. The fourth-order valence-electron chi connectivity index (χ4n) is 6.56. The van der Waals surface area contributed by atoms with Crippen molar-refractivity contribution in [3.8, 4) is 0 Å². The zero-order chi connectivity index (χ0) is 40.4. The van der Waals surface area contributed by atoms with Crippen LogP contribution < -0.4 is 0 Å². The van der Waals surface area contributed by atoms with Crippen molar-refractivity contribution in [1.29, 1.82) is 0 Å². The fourth-order valence-corrected chi connectivity index (χ4v) is 6.56. The molecule has 11 heteroatoms. The van der Waals surface area contributed by atoms with Gasteiger partial charge in [-0.3, -0.25) is 9.59 Å². The minimum atomic E-state index is -1.86. The predicted molar refractivity (Wildman–Crippen MR) is 215 cm³/mol. The number of unbranched alkanes of at least 4 members (excludes halogenated alkanes) is 21. The molecule has 11 nitrogen and oxygen atoms in total. The van der Waals surface area contributed by atoms with Gasteiger partial charge in [-0.15, -0.1) is 0 Å². The SMILES string of the molecule is CCCCCC/C=C\C/C=C\CCCCCCCCCC(=O)OCC(COC1OC(C(=O)O)C(O)C(O)C1O)OC(=O)CCCCCCCCCCCCC. The van der Waals surface area contributed by atoms with Crippen LogP contribution in [0.2, 0.25) is 0 Å². The Hall–Kier alpha value is -2.31. The summed E-state index contributed by atoms with van der Waals surface area (Å²) in [6.45, 7) is 3.78. The van der Waals surface area contributed by atoms with Crippen LogP contribution in [-0.2, 0) is 33.3 Å². The molecule has 1 saturated heterocycles. The Morgan fingerprint density at radius 2 is 1.02 bits per heavy atom. The minimum absolute atomic E-state index is 0.184. The van der Waals surface area contributed by atoms with Gasteiger partial charge in [0.05, 0.1) is 6.61 Å². The molecule has 0 aliphatic carbocycles. The zero-order valence-corrected chi connectivity index (χ0v) is 34.4. The van der Waals surface area contributed by atoms with Gasteiger partial charge < -0.3 is 39.4 Å². The van der Waals surface area contributed by atoms with Gasteiger partial charge in [0.25, 0.3) is 0 Å². The average Bonchev–Trinajstić information content (AvgIpc) is 3.17. The number of ether oxygens (including phenoxy) is 4. The van der Waals surface area contributed by atoms with Crippen LogP contribution in [0.4, 0.5) is 0 Å². The quantitative estimate of drug-likeness (QED) is 0.0272. The highest BCUT2D eigenvalue weighted by atomic mass is 16.7. The first-order chi connectivity index (χ1) is 26.7. The summed E-state index contributed by atoms with van der Waals surface area (Å²) < 4.78 is 21.7. The number of aliphatic carboxylic acids is 1. The number of allylic oxidation sites excluding steroid dienone is 4. The molecule has 4 N–H and O–H groups in total. The highest BCUT2D eigenvalue weighted by molar-refractivity contribution is 5.73. The lowest BCUT2D eigenvalue weighted by molar-refractivity contribution is -0.298. The van der Waals surface area contributed by atoms with Crippen molar-refractivity contribution < 1.29 is 53.8 Å². The van der Waals surface area contributed by atoms with E-state index in [0.29, 0.717) is 12.8 Å². The van der Waals surface area contributed by atoms with Gasteiger partial charge in [-0.25, -0.2) is 4.79 Å². The van der Waals surface area contributed by atoms with Crippen molar-refractivity contribution in [1.82, 2.24) is 0 Å². The first-order valence-electron chi connectivity index (χ1n) is 21.9. The number of aliphatic hydroxyl groups is 3. The van der Waals surface area contributed by atoms with E-state index >= 15 is 0 Å². The van der Waals surface area contributed by atoms with Gasteiger partial charge in [0.15, 0.2) is 18.5 Å². The van der Waals surface area contributed by atoms with E-state index in [1.165, 1.54) is 96.3 Å². The van der Waals surface area contributed by atoms with E-state index in [9.17, 15) is 34.8 Å². The second-order valence-corrected chi connectivity index (χ2v) is 15.2. The van der Waals surface area contributed by atoms with Gasteiger partial charge >= 0.3 is 17.9 Å². The van der Waals surface area contributed by atoms with E-state index in [0.717, 1.165) is 51.4 Å². The number of esters is 2. The summed E-state index contributed by atoms with van der Waals surface area (Å²) in [5, 5.41) is 39.7. The molecule has 320 valence electrons. The van der Waals surface area contributed by atoms with E-state index in [-0.39, 0.29) is 26.1 Å². The molecular formula is C44H78O11. The molecule has 1 heterocycles. The third kappa shape index (κ3) is 27.0. The number of carbonyl (C=O) groups excluding carboxylic acids is 2. The molecule has 1 aliphatic rings. The topological polar surface area (TPSA) is 169 Å².